The van der Waals surface area contributed by atoms with E-state index >= 15 is 0 Å². The van der Waals surface area contributed by atoms with E-state index in [9.17, 15) is 4.79 Å². The highest BCUT2D eigenvalue weighted by atomic mass is 16.5. The SMILES string of the molecule is CC[C@H](NC(=O)c1ccc(N2CCN(CC)CC2)cc1)c1c(C)noc1C. The zero-order chi connectivity index (χ0) is 19.4. The number of carbonyl (C=O) groups is 1. The van der Waals surface area contributed by atoms with Crippen molar-refractivity contribution in [2.75, 3.05) is 37.6 Å². The Morgan fingerprint density at radius 2 is 1.81 bits per heavy atom. The second-order valence-corrected chi connectivity index (χ2v) is 7.14. The summed E-state index contributed by atoms with van der Waals surface area (Å²) in [7, 11) is 0. The van der Waals surface area contributed by atoms with Crippen LogP contribution in [0.3, 0.4) is 0 Å². The number of benzene rings is 1. The number of nitrogens with zero attached hydrogens (tertiary/aromatic N) is 3. The summed E-state index contributed by atoms with van der Waals surface area (Å²) in [6, 6.07) is 7.83. The Hall–Kier alpha value is -2.34. The monoisotopic (exact) mass is 370 g/mol. The topological polar surface area (TPSA) is 61.6 Å². The number of carbonyl (C=O) groups excluding carboxylic acids is 1. The van der Waals surface area contributed by atoms with Crippen LogP contribution in [-0.4, -0.2) is 48.7 Å². The van der Waals surface area contributed by atoms with Gasteiger partial charge in [0.05, 0.1) is 11.7 Å². The average Bonchev–Trinajstić information content (AvgIpc) is 3.04. The molecule has 1 aromatic heterocycles. The van der Waals surface area contributed by atoms with Crippen LogP contribution in [0.15, 0.2) is 28.8 Å². The molecule has 6 nitrogen and oxygen atoms in total. The van der Waals surface area contributed by atoms with E-state index in [2.05, 4.69) is 34.1 Å². The van der Waals surface area contributed by atoms with Crippen LogP contribution in [0.5, 0.6) is 0 Å². The second kappa shape index (κ2) is 8.57. The molecule has 6 heteroatoms. The first kappa shape index (κ1) is 19.4. The highest BCUT2D eigenvalue weighted by molar-refractivity contribution is 5.94. The van der Waals surface area contributed by atoms with Crippen molar-refractivity contribution in [3.8, 4) is 0 Å². The normalized spacial score (nSPS) is 16.4. The van der Waals surface area contributed by atoms with Crippen LogP contribution < -0.4 is 10.2 Å². The van der Waals surface area contributed by atoms with E-state index in [-0.39, 0.29) is 11.9 Å². The van der Waals surface area contributed by atoms with Gasteiger partial charge in [-0.25, -0.2) is 0 Å². The summed E-state index contributed by atoms with van der Waals surface area (Å²) in [6.07, 6.45) is 0.786. The number of hydrogen-bond donors (Lipinski definition) is 1. The molecular weight excluding hydrogens is 340 g/mol. The molecule has 0 unspecified atom stereocenters. The maximum atomic E-state index is 12.7. The number of rotatable bonds is 6. The van der Waals surface area contributed by atoms with Crippen LogP contribution in [0.2, 0.25) is 0 Å². The third-order valence-corrected chi connectivity index (χ3v) is 5.46. The predicted octanol–water partition coefficient (Wildman–Crippen LogP) is 3.31. The van der Waals surface area contributed by atoms with Gasteiger partial charge in [-0.05, 0) is 51.1 Å². The van der Waals surface area contributed by atoms with Crippen molar-refractivity contribution < 1.29 is 9.32 Å². The number of nitrogens with one attached hydrogen (secondary N) is 1. The van der Waals surface area contributed by atoms with E-state index in [4.69, 9.17) is 4.52 Å². The molecule has 1 fully saturated rings. The van der Waals surface area contributed by atoms with Gasteiger partial charge in [0, 0.05) is 43.0 Å². The summed E-state index contributed by atoms with van der Waals surface area (Å²) >= 11 is 0. The molecule has 1 aliphatic heterocycles. The molecule has 0 spiro atoms. The summed E-state index contributed by atoms with van der Waals surface area (Å²) < 4.78 is 5.25. The first-order valence-corrected chi connectivity index (χ1v) is 9.84. The van der Waals surface area contributed by atoms with Crippen molar-refractivity contribution in [1.29, 1.82) is 0 Å². The van der Waals surface area contributed by atoms with Crippen molar-refractivity contribution in [3.05, 3.63) is 46.8 Å². The van der Waals surface area contributed by atoms with Gasteiger partial charge in [-0.2, -0.15) is 0 Å². The summed E-state index contributed by atoms with van der Waals surface area (Å²) in [6.45, 7) is 13.4. The average molecular weight is 370 g/mol. The first-order valence-electron chi connectivity index (χ1n) is 9.84. The number of aromatic nitrogens is 1. The summed E-state index contributed by atoms with van der Waals surface area (Å²) in [4.78, 5) is 17.6. The van der Waals surface area contributed by atoms with Crippen molar-refractivity contribution in [3.63, 3.8) is 0 Å². The molecule has 1 aromatic carbocycles. The largest absolute Gasteiger partial charge is 0.369 e. The number of likely N-dealkylation sites (N-methyl/N-ethyl adjacent to an activating group) is 1. The quantitative estimate of drug-likeness (QED) is 0.845. The molecule has 0 aliphatic carbocycles. The molecule has 0 radical (unpaired) electrons. The Balaban J connectivity index is 1.65. The summed E-state index contributed by atoms with van der Waals surface area (Å²) in [5.74, 6) is 0.699. The Kier molecular flexibility index (Phi) is 6.16. The van der Waals surface area contributed by atoms with Crippen molar-refractivity contribution >= 4 is 11.6 Å². The molecule has 0 saturated carbocycles. The molecule has 2 aromatic rings. The van der Waals surface area contributed by atoms with Crippen molar-refractivity contribution in [2.45, 2.75) is 40.2 Å². The maximum absolute atomic E-state index is 12.7. The van der Waals surface area contributed by atoms with Gasteiger partial charge in [-0.3, -0.25) is 4.79 Å². The zero-order valence-electron chi connectivity index (χ0n) is 16.8. The minimum atomic E-state index is -0.0921. The summed E-state index contributed by atoms with van der Waals surface area (Å²) in [5.41, 5.74) is 3.67. The molecule has 27 heavy (non-hydrogen) atoms. The molecule has 1 atom stereocenters. The lowest BCUT2D eigenvalue weighted by atomic mass is 10.0. The Morgan fingerprint density at radius 1 is 1.15 bits per heavy atom. The molecular formula is C21H30N4O2. The van der Waals surface area contributed by atoms with Crippen molar-refractivity contribution in [2.24, 2.45) is 0 Å². The number of hydrogen-bond acceptors (Lipinski definition) is 5. The first-order chi connectivity index (χ1) is 13.0. The molecule has 1 saturated heterocycles. The Labute approximate surface area is 161 Å². The standard InChI is InChI=1S/C21H30N4O2/c1-5-19(20-15(3)23-27-16(20)4)22-21(26)17-7-9-18(10-8-17)25-13-11-24(6-2)12-14-25/h7-10,19H,5-6,11-14H2,1-4H3,(H,22,26)/t19-/m0/s1. The second-order valence-electron chi connectivity index (χ2n) is 7.14. The van der Waals surface area contributed by atoms with Crippen LogP contribution in [-0.2, 0) is 0 Å². The van der Waals surface area contributed by atoms with Gasteiger partial charge in [-0.1, -0.05) is 19.0 Å². The third kappa shape index (κ3) is 4.33. The molecule has 0 bridgehead atoms. The smallest absolute Gasteiger partial charge is 0.251 e. The number of amides is 1. The van der Waals surface area contributed by atoms with E-state index in [1.54, 1.807) is 0 Å². The van der Waals surface area contributed by atoms with Crippen LogP contribution >= 0.6 is 0 Å². The van der Waals surface area contributed by atoms with E-state index < -0.39 is 0 Å². The van der Waals surface area contributed by atoms with E-state index in [0.29, 0.717) is 5.56 Å². The third-order valence-electron chi connectivity index (χ3n) is 5.46. The molecule has 1 N–H and O–H groups in total. The summed E-state index contributed by atoms with van der Waals surface area (Å²) in [5, 5.41) is 7.12. The fourth-order valence-corrected chi connectivity index (χ4v) is 3.75. The number of aryl methyl sites for hydroxylation is 2. The lowest BCUT2D eigenvalue weighted by Crippen LogP contribution is -2.46. The molecule has 3 rings (SSSR count). The molecule has 1 amide bonds. The number of piperazine rings is 1. The minimum absolute atomic E-state index is 0.0656. The van der Waals surface area contributed by atoms with Crippen LogP contribution in [0.1, 0.15) is 53.7 Å². The maximum Gasteiger partial charge on any atom is 0.251 e. The highest BCUT2D eigenvalue weighted by Crippen LogP contribution is 2.25. The number of anilines is 1. The fourth-order valence-electron chi connectivity index (χ4n) is 3.75. The van der Waals surface area contributed by atoms with Crippen LogP contribution in [0.25, 0.3) is 0 Å². The van der Waals surface area contributed by atoms with Crippen LogP contribution in [0.4, 0.5) is 5.69 Å². The van der Waals surface area contributed by atoms with E-state index in [1.165, 1.54) is 5.69 Å². The van der Waals surface area contributed by atoms with Gasteiger partial charge < -0.3 is 19.6 Å². The molecule has 2 heterocycles. The zero-order valence-corrected chi connectivity index (χ0v) is 16.8. The van der Waals surface area contributed by atoms with Crippen LogP contribution in [0, 0.1) is 13.8 Å². The minimum Gasteiger partial charge on any atom is -0.369 e. The Morgan fingerprint density at radius 3 is 2.33 bits per heavy atom. The van der Waals surface area contributed by atoms with Gasteiger partial charge >= 0.3 is 0 Å². The van der Waals surface area contributed by atoms with E-state index in [1.807, 2.05) is 38.1 Å². The highest BCUT2D eigenvalue weighted by Gasteiger charge is 2.22. The van der Waals surface area contributed by atoms with Gasteiger partial charge in [0.1, 0.15) is 5.76 Å². The van der Waals surface area contributed by atoms with Gasteiger partial charge in [-0.15, -0.1) is 0 Å². The molecule has 1 aliphatic rings. The van der Waals surface area contributed by atoms with Gasteiger partial charge in [0.2, 0.25) is 0 Å². The van der Waals surface area contributed by atoms with Gasteiger partial charge in [0.25, 0.3) is 5.91 Å². The Bertz CT molecular complexity index is 741. The van der Waals surface area contributed by atoms with Gasteiger partial charge in [0.15, 0.2) is 0 Å². The lowest BCUT2D eigenvalue weighted by Gasteiger charge is -2.35. The van der Waals surface area contributed by atoms with E-state index in [0.717, 1.165) is 56.2 Å². The fraction of sp³-hybridized carbons (Fsp3) is 0.524. The van der Waals surface area contributed by atoms with Crippen molar-refractivity contribution in [1.82, 2.24) is 15.4 Å². The predicted molar refractivity (Wildman–Crippen MR) is 107 cm³/mol. The molecule has 146 valence electrons. The lowest BCUT2D eigenvalue weighted by molar-refractivity contribution is 0.0935.